The van der Waals surface area contributed by atoms with Crippen LogP contribution in [0.3, 0.4) is 0 Å². The summed E-state index contributed by atoms with van der Waals surface area (Å²) < 4.78 is 27.6. The van der Waals surface area contributed by atoms with E-state index in [1.165, 1.54) is 11.3 Å². The molecule has 4 nitrogen and oxygen atoms in total. The van der Waals surface area contributed by atoms with Gasteiger partial charge in [-0.15, -0.1) is 11.3 Å². The highest BCUT2D eigenvalue weighted by atomic mass is 32.2. The van der Waals surface area contributed by atoms with Crippen LogP contribution >= 0.6 is 11.3 Å². The minimum atomic E-state index is -3.38. The van der Waals surface area contributed by atoms with Crippen LogP contribution in [0.25, 0.3) is 0 Å². The van der Waals surface area contributed by atoms with Crippen LogP contribution in [0.1, 0.15) is 45.9 Å². The van der Waals surface area contributed by atoms with Crippen molar-refractivity contribution in [2.24, 2.45) is 5.41 Å². The van der Waals surface area contributed by atoms with Crippen molar-refractivity contribution in [2.75, 3.05) is 6.54 Å². The van der Waals surface area contributed by atoms with Gasteiger partial charge in [0.15, 0.2) is 0 Å². The van der Waals surface area contributed by atoms with Crippen molar-refractivity contribution in [1.82, 2.24) is 10.0 Å². The molecule has 1 rings (SSSR count). The highest BCUT2D eigenvalue weighted by molar-refractivity contribution is 7.91. The molecule has 0 unspecified atom stereocenters. The van der Waals surface area contributed by atoms with E-state index in [1.54, 1.807) is 6.07 Å². The topological polar surface area (TPSA) is 58.2 Å². The lowest BCUT2D eigenvalue weighted by atomic mass is 9.91. The zero-order valence-corrected chi connectivity index (χ0v) is 14.6. The third kappa shape index (κ3) is 5.52. The van der Waals surface area contributed by atoms with Crippen LogP contribution in [0.15, 0.2) is 16.3 Å². The fourth-order valence-corrected chi connectivity index (χ4v) is 3.98. The van der Waals surface area contributed by atoms with Crippen molar-refractivity contribution < 1.29 is 8.42 Å². The predicted molar refractivity (Wildman–Crippen MR) is 85.6 cm³/mol. The van der Waals surface area contributed by atoms with E-state index in [0.717, 1.165) is 11.3 Å². The monoisotopic (exact) mass is 318 g/mol. The van der Waals surface area contributed by atoms with Gasteiger partial charge < -0.3 is 5.32 Å². The molecule has 0 spiro atoms. The summed E-state index contributed by atoms with van der Waals surface area (Å²) in [6.07, 6.45) is 0.934. The Morgan fingerprint density at radius 2 is 1.95 bits per heavy atom. The van der Waals surface area contributed by atoms with Crippen molar-refractivity contribution in [2.45, 2.75) is 57.8 Å². The molecule has 0 aliphatic rings. The van der Waals surface area contributed by atoms with E-state index in [-0.39, 0.29) is 5.41 Å². The van der Waals surface area contributed by atoms with Gasteiger partial charge >= 0.3 is 0 Å². The summed E-state index contributed by atoms with van der Waals surface area (Å²) in [6, 6.07) is 3.95. The van der Waals surface area contributed by atoms with Crippen LogP contribution in [0.4, 0.5) is 0 Å². The largest absolute Gasteiger partial charge is 0.310 e. The molecular weight excluding hydrogens is 292 g/mol. The molecule has 0 atom stereocenters. The van der Waals surface area contributed by atoms with Crippen LogP contribution in [-0.2, 0) is 16.6 Å². The first-order valence-corrected chi connectivity index (χ1v) is 9.28. The smallest absolute Gasteiger partial charge is 0.250 e. The maximum absolute atomic E-state index is 12.2. The van der Waals surface area contributed by atoms with Gasteiger partial charge in [0, 0.05) is 24.0 Å². The molecule has 0 aromatic carbocycles. The summed E-state index contributed by atoms with van der Waals surface area (Å²) >= 11 is 1.33. The number of nitrogens with one attached hydrogen (secondary N) is 2. The highest BCUT2D eigenvalue weighted by Gasteiger charge is 2.22. The number of hydrogen-bond acceptors (Lipinski definition) is 4. The van der Waals surface area contributed by atoms with E-state index in [0.29, 0.717) is 23.3 Å². The molecule has 0 fully saturated rings. The summed E-state index contributed by atoms with van der Waals surface area (Å²) in [5.41, 5.74) is -0.0215. The first-order valence-electron chi connectivity index (χ1n) is 6.98. The molecule has 0 bridgehead atoms. The SMILES string of the molecule is CCC(C)(C)CNS(=O)(=O)c1ccc(CNC(C)C)s1. The van der Waals surface area contributed by atoms with Gasteiger partial charge in [0.1, 0.15) is 4.21 Å². The quantitative estimate of drug-likeness (QED) is 0.775. The van der Waals surface area contributed by atoms with Gasteiger partial charge in [0.2, 0.25) is 10.0 Å². The molecule has 6 heteroatoms. The van der Waals surface area contributed by atoms with E-state index in [4.69, 9.17) is 0 Å². The third-order valence-corrected chi connectivity index (χ3v) is 6.26. The summed E-state index contributed by atoms with van der Waals surface area (Å²) in [5.74, 6) is 0. The average molecular weight is 319 g/mol. The molecule has 20 heavy (non-hydrogen) atoms. The first kappa shape index (κ1) is 17.6. The molecule has 0 amide bonds. The summed E-state index contributed by atoms with van der Waals surface area (Å²) in [5, 5.41) is 3.29. The Labute approximate surface area is 127 Å². The van der Waals surface area contributed by atoms with Gasteiger partial charge in [0.05, 0.1) is 0 Å². The number of thiophene rings is 1. The van der Waals surface area contributed by atoms with Crippen molar-refractivity contribution in [1.29, 1.82) is 0 Å². The highest BCUT2D eigenvalue weighted by Crippen LogP contribution is 2.23. The van der Waals surface area contributed by atoms with Crippen molar-refractivity contribution in [3.63, 3.8) is 0 Å². The number of hydrogen-bond donors (Lipinski definition) is 2. The fraction of sp³-hybridized carbons (Fsp3) is 0.714. The van der Waals surface area contributed by atoms with Crippen LogP contribution in [0.2, 0.25) is 0 Å². The van der Waals surface area contributed by atoms with Crippen molar-refractivity contribution in [3.8, 4) is 0 Å². The van der Waals surface area contributed by atoms with Crippen LogP contribution < -0.4 is 10.0 Å². The predicted octanol–water partition coefficient (Wildman–Crippen LogP) is 2.96. The van der Waals surface area contributed by atoms with Gasteiger partial charge in [-0.3, -0.25) is 0 Å². The molecular formula is C14H26N2O2S2. The first-order chi connectivity index (χ1) is 9.16. The van der Waals surface area contributed by atoms with E-state index >= 15 is 0 Å². The Kier molecular flexibility index (Phi) is 6.19. The van der Waals surface area contributed by atoms with E-state index < -0.39 is 10.0 Å². The molecule has 2 N–H and O–H groups in total. The molecule has 1 aromatic heterocycles. The fourth-order valence-electron chi connectivity index (χ4n) is 1.39. The van der Waals surface area contributed by atoms with E-state index in [9.17, 15) is 8.42 Å². The standard InChI is InChI=1S/C14H26N2O2S2/c1-6-14(4,5)10-16-20(17,18)13-8-7-12(19-13)9-15-11(2)3/h7-8,11,15-16H,6,9-10H2,1-5H3. The molecule has 1 heterocycles. The molecule has 0 radical (unpaired) electrons. The second-order valence-electron chi connectivity index (χ2n) is 6.10. The van der Waals surface area contributed by atoms with Gasteiger partial charge in [-0.05, 0) is 24.0 Å². The van der Waals surface area contributed by atoms with E-state index in [2.05, 4.69) is 44.7 Å². The third-order valence-electron chi connectivity index (χ3n) is 3.28. The Hall–Kier alpha value is -0.430. The lowest BCUT2D eigenvalue weighted by Gasteiger charge is -2.22. The second kappa shape index (κ2) is 7.02. The zero-order valence-electron chi connectivity index (χ0n) is 13.0. The van der Waals surface area contributed by atoms with Gasteiger partial charge in [0.25, 0.3) is 0 Å². The van der Waals surface area contributed by atoms with E-state index in [1.807, 2.05) is 6.07 Å². The van der Waals surface area contributed by atoms with Crippen molar-refractivity contribution in [3.05, 3.63) is 17.0 Å². The Morgan fingerprint density at radius 3 is 2.50 bits per heavy atom. The summed E-state index contributed by atoms with van der Waals surface area (Å²) in [6.45, 7) is 11.5. The molecule has 1 aromatic rings. The van der Waals surface area contributed by atoms with Crippen LogP contribution in [0, 0.1) is 5.41 Å². The van der Waals surface area contributed by atoms with Gasteiger partial charge in [-0.25, -0.2) is 13.1 Å². The maximum Gasteiger partial charge on any atom is 0.250 e. The molecule has 0 aliphatic carbocycles. The summed E-state index contributed by atoms with van der Waals surface area (Å²) in [4.78, 5) is 1.04. The van der Waals surface area contributed by atoms with Crippen LogP contribution in [-0.4, -0.2) is 21.0 Å². The molecule has 0 aliphatic heterocycles. The van der Waals surface area contributed by atoms with Gasteiger partial charge in [-0.2, -0.15) is 0 Å². The number of sulfonamides is 1. The lowest BCUT2D eigenvalue weighted by molar-refractivity contribution is 0.350. The maximum atomic E-state index is 12.2. The molecule has 0 saturated heterocycles. The number of rotatable bonds is 8. The lowest BCUT2D eigenvalue weighted by Crippen LogP contribution is -2.33. The second-order valence-corrected chi connectivity index (χ2v) is 9.26. The van der Waals surface area contributed by atoms with Crippen molar-refractivity contribution >= 4 is 21.4 Å². The minimum absolute atomic E-state index is 0.0215. The zero-order chi connectivity index (χ0) is 15.4. The molecule has 116 valence electrons. The van der Waals surface area contributed by atoms with Gasteiger partial charge in [-0.1, -0.05) is 34.6 Å². The molecule has 0 saturated carbocycles. The minimum Gasteiger partial charge on any atom is -0.310 e. The summed E-state index contributed by atoms with van der Waals surface area (Å²) in [7, 11) is -3.38. The van der Waals surface area contributed by atoms with Crippen LogP contribution in [0.5, 0.6) is 0 Å². The Balaban J connectivity index is 2.69. The average Bonchev–Trinajstić information content (AvgIpc) is 2.84. The Morgan fingerprint density at radius 1 is 1.30 bits per heavy atom. The normalized spacial score (nSPS) is 13.1. The Bertz CT molecular complexity index is 519.